The molecule has 0 bridgehead atoms. The van der Waals surface area contributed by atoms with Crippen LogP contribution in [0.1, 0.15) is 21.7 Å². The lowest BCUT2D eigenvalue weighted by Gasteiger charge is -2.08. The van der Waals surface area contributed by atoms with Crippen LogP contribution >= 0.6 is 0 Å². The van der Waals surface area contributed by atoms with Crippen LogP contribution in [-0.2, 0) is 11.3 Å². The van der Waals surface area contributed by atoms with Crippen molar-refractivity contribution in [2.45, 2.75) is 13.5 Å². The van der Waals surface area contributed by atoms with E-state index in [0.717, 1.165) is 22.2 Å². The van der Waals surface area contributed by atoms with Crippen molar-refractivity contribution in [2.24, 2.45) is 0 Å². The van der Waals surface area contributed by atoms with Crippen molar-refractivity contribution < 1.29 is 9.59 Å². The molecular weight excluding hydrogens is 316 g/mol. The molecule has 3 rings (SSSR count). The lowest BCUT2D eigenvalue weighted by atomic mass is 10.1. The van der Waals surface area contributed by atoms with E-state index >= 15 is 0 Å². The molecule has 0 aliphatic carbocycles. The molecule has 0 fully saturated rings. The van der Waals surface area contributed by atoms with Crippen LogP contribution in [0.5, 0.6) is 0 Å². The topological polar surface area (TPSA) is 84.0 Å². The van der Waals surface area contributed by atoms with E-state index in [9.17, 15) is 9.59 Å². The van der Waals surface area contributed by atoms with Crippen LogP contribution < -0.4 is 10.6 Å². The Morgan fingerprint density at radius 2 is 1.76 bits per heavy atom. The molecule has 0 saturated carbocycles. The number of hydrogen-bond donors (Lipinski definition) is 2. The van der Waals surface area contributed by atoms with Gasteiger partial charge >= 0.3 is 0 Å². The number of rotatable bonds is 5. The van der Waals surface area contributed by atoms with Crippen molar-refractivity contribution in [3.8, 4) is 0 Å². The van der Waals surface area contributed by atoms with Gasteiger partial charge in [0.05, 0.1) is 18.8 Å². The van der Waals surface area contributed by atoms with Crippen molar-refractivity contribution in [1.29, 1.82) is 0 Å². The first-order valence-electron chi connectivity index (χ1n) is 7.93. The summed E-state index contributed by atoms with van der Waals surface area (Å²) in [5.41, 5.74) is 2.09. The second-order valence-corrected chi connectivity index (χ2v) is 5.67. The van der Waals surface area contributed by atoms with Crippen molar-refractivity contribution in [1.82, 2.24) is 20.6 Å². The molecule has 6 nitrogen and oxygen atoms in total. The number of carbonyl (C=O) groups is 2. The molecule has 0 radical (unpaired) electrons. The fourth-order valence-electron chi connectivity index (χ4n) is 2.45. The van der Waals surface area contributed by atoms with Gasteiger partial charge in [-0.05, 0) is 35.9 Å². The molecule has 25 heavy (non-hydrogen) atoms. The Hall–Kier alpha value is -3.28. The largest absolute Gasteiger partial charge is 0.349 e. The summed E-state index contributed by atoms with van der Waals surface area (Å²) in [7, 11) is 0. The number of fused-ring (bicyclic) bond motifs is 1. The summed E-state index contributed by atoms with van der Waals surface area (Å²) >= 11 is 0. The van der Waals surface area contributed by atoms with E-state index < -0.39 is 0 Å². The minimum absolute atomic E-state index is 0.0876. The number of benzene rings is 2. The van der Waals surface area contributed by atoms with Gasteiger partial charge in [0.25, 0.3) is 5.91 Å². The van der Waals surface area contributed by atoms with Gasteiger partial charge < -0.3 is 10.6 Å². The SMILES string of the molecule is Cc1cc(CNC(=O)CNC(=O)c2ccc3ccccc3c2)ncn1. The zero-order valence-electron chi connectivity index (χ0n) is 13.8. The van der Waals surface area contributed by atoms with Crippen molar-refractivity contribution in [3.63, 3.8) is 0 Å². The number of carbonyl (C=O) groups excluding carboxylic acids is 2. The van der Waals surface area contributed by atoms with E-state index in [1.54, 1.807) is 12.1 Å². The lowest BCUT2D eigenvalue weighted by Crippen LogP contribution is -2.36. The van der Waals surface area contributed by atoms with Crippen molar-refractivity contribution >= 4 is 22.6 Å². The number of nitrogens with zero attached hydrogens (tertiary/aromatic N) is 2. The highest BCUT2D eigenvalue weighted by atomic mass is 16.2. The standard InChI is InChI=1S/C19H18N4O2/c1-13-8-17(23-12-22-13)10-20-18(24)11-21-19(25)16-7-6-14-4-2-3-5-15(14)9-16/h2-9,12H,10-11H2,1H3,(H,20,24)(H,21,25). The number of aromatic nitrogens is 2. The smallest absolute Gasteiger partial charge is 0.251 e. The van der Waals surface area contributed by atoms with Crippen LogP contribution in [0, 0.1) is 6.92 Å². The van der Waals surface area contributed by atoms with Crippen LogP contribution in [0.4, 0.5) is 0 Å². The molecular formula is C19H18N4O2. The summed E-state index contributed by atoms with van der Waals surface area (Å²) in [6.07, 6.45) is 1.46. The number of hydrogen-bond acceptors (Lipinski definition) is 4. The maximum absolute atomic E-state index is 12.2. The Labute approximate surface area is 145 Å². The summed E-state index contributed by atoms with van der Waals surface area (Å²) in [6, 6.07) is 15.1. The van der Waals surface area contributed by atoms with Gasteiger partial charge in [-0.2, -0.15) is 0 Å². The molecule has 0 atom stereocenters. The Bertz CT molecular complexity index is 924. The summed E-state index contributed by atoms with van der Waals surface area (Å²) < 4.78 is 0. The number of nitrogens with one attached hydrogen (secondary N) is 2. The van der Waals surface area contributed by atoms with E-state index in [1.807, 2.05) is 43.3 Å². The van der Waals surface area contributed by atoms with E-state index in [0.29, 0.717) is 12.1 Å². The minimum atomic E-state index is -0.279. The molecule has 6 heteroatoms. The van der Waals surface area contributed by atoms with E-state index in [4.69, 9.17) is 0 Å². The van der Waals surface area contributed by atoms with Crippen LogP contribution in [-0.4, -0.2) is 28.3 Å². The summed E-state index contributed by atoms with van der Waals surface area (Å²) in [5, 5.41) is 7.40. The zero-order chi connectivity index (χ0) is 17.6. The third-order valence-corrected chi connectivity index (χ3v) is 3.75. The van der Waals surface area contributed by atoms with Gasteiger partial charge in [0.15, 0.2) is 0 Å². The maximum Gasteiger partial charge on any atom is 0.251 e. The van der Waals surface area contributed by atoms with E-state index in [-0.39, 0.29) is 18.4 Å². The molecule has 126 valence electrons. The molecule has 0 aliphatic rings. The summed E-state index contributed by atoms with van der Waals surface area (Å²) in [6.45, 7) is 2.07. The Morgan fingerprint density at radius 1 is 0.960 bits per heavy atom. The molecule has 2 N–H and O–H groups in total. The maximum atomic E-state index is 12.2. The second kappa shape index (κ2) is 7.53. The monoisotopic (exact) mass is 334 g/mol. The van der Waals surface area contributed by atoms with Crippen LogP contribution in [0.15, 0.2) is 54.9 Å². The van der Waals surface area contributed by atoms with Crippen molar-refractivity contribution in [2.75, 3.05) is 6.54 Å². The molecule has 0 unspecified atom stereocenters. The van der Waals surface area contributed by atoms with E-state index in [2.05, 4.69) is 20.6 Å². The molecule has 2 amide bonds. The van der Waals surface area contributed by atoms with Gasteiger partial charge in [0.1, 0.15) is 6.33 Å². The minimum Gasteiger partial charge on any atom is -0.349 e. The van der Waals surface area contributed by atoms with Gasteiger partial charge in [0, 0.05) is 11.3 Å². The third kappa shape index (κ3) is 4.38. The highest BCUT2D eigenvalue weighted by molar-refractivity contribution is 5.99. The second-order valence-electron chi connectivity index (χ2n) is 5.67. The van der Waals surface area contributed by atoms with Crippen molar-refractivity contribution in [3.05, 3.63) is 71.8 Å². The molecule has 1 aromatic heterocycles. The van der Waals surface area contributed by atoms with Gasteiger partial charge in [-0.15, -0.1) is 0 Å². The lowest BCUT2D eigenvalue weighted by molar-refractivity contribution is -0.120. The van der Waals surface area contributed by atoms with Crippen LogP contribution in [0.3, 0.4) is 0 Å². The first-order chi connectivity index (χ1) is 12.1. The van der Waals surface area contributed by atoms with Crippen LogP contribution in [0.2, 0.25) is 0 Å². The predicted molar refractivity (Wildman–Crippen MR) is 94.9 cm³/mol. The van der Waals surface area contributed by atoms with Crippen LogP contribution in [0.25, 0.3) is 10.8 Å². The molecule has 0 spiro atoms. The van der Waals surface area contributed by atoms with E-state index in [1.165, 1.54) is 6.33 Å². The number of amides is 2. The van der Waals surface area contributed by atoms with Gasteiger partial charge in [-0.1, -0.05) is 30.3 Å². The first-order valence-corrected chi connectivity index (χ1v) is 7.93. The van der Waals surface area contributed by atoms with Gasteiger partial charge in [-0.25, -0.2) is 9.97 Å². The summed E-state index contributed by atoms with van der Waals surface area (Å²) in [4.78, 5) is 32.2. The highest BCUT2D eigenvalue weighted by Crippen LogP contribution is 2.15. The quantitative estimate of drug-likeness (QED) is 0.747. The molecule has 1 heterocycles. The molecule has 2 aromatic carbocycles. The average molecular weight is 334 g/mol. The zero-order valence-corrected chi connectivity index (χ0v) is 13.8. The first kappa shape index (κ1) is 16.6. The van der Waals surface area contributed by atoms with Gasteiger partial charge in [0.2, 0.25) is 5.91 Å². The normalized spacial score (nSPS) is 10.4. The highest BCUT2D eigenvalue weighted by Gasteiger charge is 2.09. The fraction of sp³-hybridized carbons (Fsp3) is 0.158. The average Bonchev–Trinajstić information content (AvgIpc) is 2.64. The molecule has 0 saturated heterocycles. The molecule has 0 aliphatic heterocycles. The predicted octanol–water partition coefficient (Wildman–Crippen LogP) is 1.98. The Kier molecular flexibility index (Phi) is 4.99. The number of aryl methyl sites for hydroxylation is 1. The summed E-state index contributed by atoms with van der Waals surface area (Å²) in [5.74, 6) is -0.552. The molecule has 3 aromatic rings. The third-order valence-electron chi connectivity index (χ3n) is 3.75. The van der Waals surface area contributed by atoms with Gasteiger partial charge in [-0.3, -0.25) is 9.59 Å². The Balaban J connectivity index is 1.53. The fourth-order valence-corrected chi connectivity index (χ4v) is 2.45. The Morgan fingerprint density at radius 3 is 2.56 bits per heavy atom.